The largest absolute Gasteiger partial charge is 0.508 e. The van der Waals surface area contributed by atoms with Gasteiger partial charge in [0.15, 0.2) is 0 Å². The van der Waals surface area contributed by atoms with Crippen LogP contribution in [0.15, 0.2) is 18.2 Å². The lowest BCUT2D eigenvalue weighted by atomic mass is 10.1. The predicted molar refractivity (Wildman–Crippen MR) is 84.9 cm³/mol. The third kappa shape index (κ3) is 2.01. The molecule has 0 radical (unpaired) electrons. The highest BCUT2D eigenvalue weighted by atomic mass is 16.3. The normalized spacial score (nSPS) is 16.7. The van der Waals surface area contributed by atoms with Crippen molar-refractivity contribution < 1.29 is 10.2 Å². The van der Waals surface area contributed by atoms with Gasteiger partial charge in [-0.1, -0.05) is 0 Å². The average Bonchev–Trinajstić information content (AvgIpc) is 2.84. The van der Waals surface area contributed by atoms with E-state index in [-0.39, 0.29) is 17.8 Å². The SMILES string of the molecule is Nc1nc(N2CCC(O)CC2)c2c(n1)[nH]c1ccc(O)cc12. The molecule has 0 saturated carbocycles. The van der Waals surface area contributed by atoms with Gasteiger partial charge in [-0.15, -0.1) is 0 Å². The lowest BCUT2D eigenvalue weighted by molar-refractivity contribution is 0.145. The second kappa shape index (κ2) is 4.74. The van der Waals surface area contributed by atoms with E-state index < -0.39 is 0 Å². The van der Waals surface area contributed by atoms with E-state index in [1.807, 2.05) is 6.07 Å². The van der Waals surface area contributed by atoms with Crippen molar-refractivity contribution in [3.63, 3.8) is 0 Å². The van der Waals surface area contributed by atoms with Crippen molar-refractivity contribution in [2.75, 3.05) is 23.7 Å². The minimum Gasteiger partial charge on any atom is -0.508 e. The molecular weight excluding hydrogens is 282 g/mol. The Bertz CT molecular complexity index is 852. The number of nitrogens with two attached hydrogens (primary N) is 1. The number of phenolic OH excluding ortho intramolecular Hbond substituents is 1. The zero-order chi connectivity index (χ0) is 15.3. The van der Waals surface area contributed by atoms with Gasteiger partial charge in [-0.05, 0) is 31.0 Å². The van der Waals surface area contributed by atoms with Crippen molar-refractivity contribution >= 4 is 33.7 Å². The van der Waals surface area contributed by atoms with Gasteiger partial charge in [0.25, 0.3) is 0 Å². The van der Waals surface area contributed by atoms with Gasteiger partial charge in [0, 0.05) is 24.0 Å². The molecule has 0 atom stereocenters. The van der Waals surface area contributed by atoms with Crippen LogP contribution in [-0.2, 0) is 0 Å². The molecule has 0 spiro atoms. The molecular formula is C15H17N5O2. The predicted octanol–water partition coefficient (Wildman–Crippen LogP) is 1.36. The number of hydrogen-bond acceptors (Lipinski definition) is 6. The smallest absolute Gasteiger partial charge is 0.223 e. The number of hydrogen-bond donors (Lipinski definition) is 4. The molecule has 114 valence electrons. The van der Waals surface area contributed by atoms with E-state index in [2.05, 4.69) is 19.9 Å². The molecule has 1 fully saturated rings. The summed E-state index contributed by atoms with van der Waals surface area (Å²) in [4.78, 5) is 14.0. The monoisotopic (exact) mass is 299 g/mol. The number of nitrogens with one attached hydrogen (secondary N) is 1. The third-order valence-corrected chi connectivity index (χ3v) is 4.20. The number of aromatic hydroxyl groups is 1. The number of nitrogens with zero attached hydrogens (tertiary/aromatic N) is 3. The van der Waals surface area contributed by atoms with Crippen molar-refractivity contribution in [1.29, 1.82) is 0 Å². The maximum absolute atomic E-state index is 9.77. The van der Waals surface area contributed by atoms with E-state index in [1.54, 1.807) is 12.1 Å². The van der Waals surface area contributed by atoms with Crippen LogP contribution < -0.4 is 10.6 Å². The lowest BCUT2D eigenvalue weighted by Crippen LogP contribution is -2.36. The van der Waals surface area contributed by atoms with Gasteiger partial charge in [-0.25, -0.2) is 0 Å². The molecule has 4 rings (SSSR count). The molecule has 3 aromatic rings. The minimum absolute atomic E-state index is 0.199. The molecule has 1 aromatic carbocycles. The molecule has 5 N–H and O–H groups in total. The number of aliphatic hydroxyl groups excluding tert-OH is 1. The molecule has 7 heteroatoms. The number of rotatable bonds is 1. The molecule has 0 aliphatic carbocycles. The molecule has 1 aliphatic heterocycles. The first-order valence-corrected chi connectivity index (χ1v) is 7.33. The first-order chi connectivity index (χ1) is 10.6. The van der Waals surface area contributed by atoms with Gasteiger partial charge in [0.2, 0.25) is 5.95 Å². The topological polar surface area (TPSA) is 111 Å². The van der Waals surface area contributed by atoms with Crippen molar-refractivity contribution in [3.05, 3.63) is 18.2 Å². The quantitative estimate of drug-likeness (QED) is 0.540. The van der Waals surface area contributed by atoms with Crippen molar-refractivity contribution in [2.45, 2.75) is 18.9 Å². The number of nitrogen functional groups attached to an aromatic ring is 1. The summed E-state index contributed by atoms with van der Waals surface area (Å²) in [6, 6.07) is 5.15. The number of phenols is 1. The van der Waals surface area contributed by atoms with Crippen LogP contribution in [0.4, 0.5) is 11.8 Å². The van der Waals surface area contributed by atoms with Crippen LogP contribution in [0.2, 0.25) is 0 Å². The highest BCUT2D eigenvalue weighted by Gasteiger charge is 2.22. The Balaban J connectivity index is 1.96. The maximum atomic E-state index is 9.77. The van der Waals surface area contributed by atoms with Crippen LogP contribution in [0.3, 0.4) is 0 Å². The summed E-state index contributed by atoms with van der Waals surface area (Å²) in [5.74, 6) is 1.17. The summed E-state index contributed by atoms with van der Waals surface area (Å²) >= 11 is 0. The molecule has 1 aliphatic rings. The number of anilines is 2. The van der Waals surface area contributed by atoms with Crippen LogP contribution in [0.1, 0.15) is 12.8 Å². The van der Waals surface area contributed by atoms with Crippen LogP contribution in [0, 0.1) is 0 Å². The Morgan fingerprint density at radius 1 is 1.23 bits per heavy atom. The molecule has 7 nitrogen and oxygen atoms in total. The number of aromatic amines is 1. The van der Waals surface area contributed by atoms with Crippen molar-refractivity contribution in [3.8, 4) is 5.75 Å². The van der Waals surface area contributed by atoms with E-state index >= 15 is 0 Å². The van der Waals surface area contributed by atoms with Gasteiger partial charge in [0.05, 0.1) is 11.5 Å². The second-order valence-electron chi connectivity index (χ2n) is 5.70. The van der Waals surface area contributed by atoms with Crippen molar-refractivity contribution in [1.82, 2.24) is 15.0 Å². The number of benzene rings is 1. The number of aliphatic hydroxyl groups is 1. The Morgan fingerprint density at radius 3 is 2.77 bits per heavy atom. The highest BCUT2D eigenvalue weighted by Crippen LogP contribution is 2.34. The van der Waals surface area contributed by atoms with Crippen LogP contribution in [0.5, 0.6) is 5.75 Å². The first-order valence-electron chi connectivity index (χ1n) is 7.33. The number of piperidine rings is 1. The van der Waals surface area contributed by atoms with Gasteiger partial charge >= 0.3 is 0 Å². The summed E-state index contributed by atoms with van der Waals surface area (Å²) in [6.45, 7) is 1.44. The summed E-state index contributed by atoms with van der Waals surface area (Å²) in [5.41, 5.74) is 7.38. The van der Waals surface area contributed by atoms with Crippen LogP contribution in [0.25, 0.3) is 21.9 Å². The number of fused-ring (bicyclic) bond motifs is 3. The molecule has 0 unspecified atom stereocenters. The highest BCUT2D eigenvalue weighted by molar-refractivity contribution is 6.12. The fraction of sp³-hybridized carbons (Fsp3) is 0.333. The van der Waals surface area contributed by atoms with Gasteiger partial charge in [-0.3, -0.25) is 0 Å². The Kier molecular flexibility index (Phi) is 2.83. The van der Waals surface area contributed by atoms with Gasteiger partial charge in [-0.2, -0.15) is 9.97 Å². The Labute approximate surface area is 126 Å². The van der Waals surface area contributed by atoms with E-state index in [1.165, 1.54) is 0 Å². The van der Waals surface area contributed by atoms with E-state index in [0.29, 0.717) is 18.5 Å². The van der Waals surface area contributed by atoms with Crippen molar-refractivity contribution in [2.24, 2.45) is 0 Å². The number of H-pyrrole nitrogens is 1. The molecule has 0 amide bonds. The van der Waals surface area contributed by atoms with Gasteiger partial charge < -0.3 is 25.8 Å². The second-order valence-corrected chi connectivity index (χ2v) is 5.70. The summed E-state index contributed by atoms with van der Waals surface area (Å²) < 4.78 is 0. The molecule has 0 bridgehead atoms. The molecule has 2 aromatic heterocycles. The third-order valence-electron chi connectivity index (χ3n) is 4.20. The van der Waals surface area contributed by atoms with E-state index in [9.17, 15) is 10.2 Å². The van der Waals surface area contributed by atoms with Gasteiger partial charge in [0.1, 0.15) is 17.2 Å². The minimum atomic E-state index is -0.252. The first kappa shape index (κ1) is 13.1. The fourth-order valence-corrected chi connectivity index (χ4v) is 3.09. The summed E-state index contributed by atoms with van der Waals surface area (Å²) in [5, 5.41) is 21.2. The Hall–Kier alpha value is -2.54. The zero-order valence-corrected chi connectivity index (χ0v) is 12.0. The average molecular weight is 299 g/mol. The summed E-state index contributed by atoms with van der Waals surface area (Å²) in [7, 11) is 0. The van der Waals surface area contributed by atoms with Crippen LogP contribution in [-0.4, -0.2) is 44.4 Å². The fourth-order valence-electron chi connectivity index (χ4n) is 3.09. The lowest BCUT2D eigenvalue weighted by Gasteiger charge is -2.31. The number of aromatic nitrogens is 3. The summed E-state index contributed by atoms with van der Waals surface area (Å²) in [6.07, 6.45) is 1.16. The Morgan fingerprint density at radius 2 is 2.00 bits per heavy atom. The zero-order valence-electron chi connectivity index (χ0n) is 12.0. The van der Waals surface area contributed by atoms with E-state index in [0.717, 1.165) is 35.2 Å². The van der Waals surface area contributed by atoms with E-state index in [4.69, 9.17) is 5.73 Å². The molecule has 3 heterocycles. The van der Waals surface area contributed by atoms with Crippen LogP contribution >= 0.6 is 0 Å². The standard InChI is InChI=1S/C15H17N5O2/c16-15-18-13-12(10-7-9(22)1-2-11(10)17-13)14(19-15)20-5-3-8(21)4-6-20/h1-2,7-8,21-22H,3-6H2,(H3,16,17,18,19). The maximum Gasteiger partial charge on any atom is 0.223 e. The molecule has 22 heavy (non-hydrogen) atoms. The molecule has 1 saturated heterocycles.